The third-order valence-electron chi connectivity index (χ3n) is 2.35. The molecule has 0 saturated carbocycles. The molecule has 1 heterocycles. The van der Waals surface area contributed by atoms with Crippen molar-refractivity contribution in [1.82, 2.24) is 5.32 Å². The van der Waals surface area contributed by atoms with Crippen molar-refractivity contribution in [3.8, 4) is 0 Å². The lowest BCUT2D eigenvalue weighted by molar-refractivity contribution is 0.0943. The number of amides is 1. The molecule has 96 valence electrons. The van der Waals surface area contributed by atoms with Crippen LogP contribution < -0.4 is 5.32 Å². The molecule has 0 aliphatic rings. The summed E-state index contributed by atoms with van der Waals surface area (Å²) in [6, 6.07) is 1.38. The number of carbonyl (C=O) groups is 1. The molecule has 0 radical (unpaired) electrons. The maximum atomic E-state index is 11.8. The van der Waals surface area contributed by atoms with Crippen molar-refractivity contribution in [2.24, 2.45) is 0 Å². The Morgan fingerprint density at radius 3 is 2.59 bits per heavy atom. The molecule has 0 spiro atoms. The third-order valence-corrected chi connectivity index (χ3v) is 4.98. The Bertz CT molecular complexity index is 522. The lowest BCUT2D eigenvalue weighted by atomic mass is 10.2. The Morgan fingerprint density at radius 2 is 2.18 bits per heavy atom. The van der Waals surface area contributed by atoms with Gasteiger partial charge in [0.1, 0.15) is 0 Å². The quantitative estimate of drug-likeness (QED) is 0.868. The molecule has 4 nitrogen and oxygen atoms in total. The van der Waals surface area contributed by atoms with Crippen molar-refractivity contribution in [2.75, 3.05) is 0 Å². The van der Waals surface area contributed by atoms with Crippen molar-refractivity contribution < 1.29 is 13.2 Å². The normalized spacial score (nSPS) is 13.4. The van der Waals surface area contributed by atoms with Crippen LogP contribution in [0.3, 0.4) is 0 Å². The third kappa shape index (κ3) is 3.69. The fourth-order valence-electron chi connectivity index (χ4n) is 1.22. The van der Waals surface area contributed by atoms with E-state index in [1.807, 2.05) is 13.8 Å². The van der Waals surface area contributed by atoms with E-state index in [9.17, 15) is 13.2 Å². The molecule has 1 aromatic rings. The van der Waals surface area contributed by atoms with Crippen LogP contribution in [0.1, 0.15) is 34.8 Å². The molecule has 1 atom stereocenters. The molecular formula is C10H14ClNO3S2. The summed E-state index contributed by atoms with van der Waals surface area (Å²) in [7, 11) is 1.48. The Balaban J connectivity index is 2.99. The number of hydrogen-bond acceptors (Lipinski definition) is 4. The minimum atomic E-state index is -3.78. The van der Waals surface area contributed by atoms with Crippen molar-refractivity contribution in [2.45, 2.75) is 38.1 Å². The minimum absolute atomic E-state index is 0.0125. The highest BCUT2D eigenvalue weighted by Gasteiger charge is 2.20. The van der Waals surface area contributed by atoms with Gasteiger partial charge in [0.15, 0.2) is 0 Å². The maximum Gasteiger partial charge on any atom is 0.262 e. The average Bonchev–Trinajstić information content (AvgIpc) is 2.59. The van der Waals surface area contributed by atoms with Crippen LogP contribution in [0.4, 0.5) is 0 Å². The highest BCUT2D eigenvalue weighted by Crippen LogP contribution is 2.28. The number of rotatable bonds is 4. The number of thiophene rings is 1. The van der Waals surface area contributed by atoms with E-state index < -0.39 is 9.05 Å². The highest BCUT2D eigenvalue weighted by molar-refractivity contribution is 8.13. The lowest BCUT2D eigenvalue weighted by Gasteiger charge is -2.09. The molecule has 0 aromatic carbocycles. The highest BCUT2D eigenvalue weighted by atomic mass is 35.7. The summed E-state index contributed by atoms with van der Waals surface area (Å²) in [6.07, 6.45) is 0.816. The van der Waals surface area contributed by atoms with Gasteiger partial charge in [-0.25, -0.2) is 8.42 Å². The second-order valence-electron chi connectivity index (χ2n) is 3.75. The molecule has 0 saturated heterocycles. The molecule has 0 fully saturated rings. The Morgan fingerprint density at radius 1 is 1.59 bits per heavy atom. The number of aryl methyl sites for hydroxylation is 1. The smallest absolute Gasteiger partial charge is 0.262 e. The average molecular weight is 296 g/mol. The second kappa shape index (κ2) is 5.37. The number of nitrogens with one attached hydrogen (secondary N) is 1. The van der Waals surface area contributed by atoms with Crippen LogP contribution in [0.5, 0.6) is 0 Å². The van der Waals surface area contributed by atoms with Crippen LogP contribution in [0.25, 0.3) is 0 Å². The van der Waals surface area contributed by atoms with E-state index in [0.29, 0.717) is 9.75 Å². The van der Waals surface area contributed by atoms with E-state index in [1.54, 1.807) is 6.92 Å². The van der Waals surface area contributed by atoms with Crippen LogP contribution in [0, 0.1) is 6.92 Å². The topological polar surface area (TPSA) is 63.2 Å². The van der Waals surface area contributed by atoms with Crippen molar-refractivity contribution in [3.05, 3.63) is 15.8 Å². The fourth-order valence-corrected chi connectivity index (χ4v) is 3.78. The van der Waals surface area contributed by atoms with Gasteiger partial charge in [0.25, 0.3) is 15.0 Å². The summed E-state index contributed by atoms with van der Waals surface area (Å²) >= 11 is 1.13. The molecule has 1 amide bonds. The van der Waals surface area contributed by atoms with E-state index in [2.05, 4.69) is 5.32 Å². The molecular weight excluding hydrogens is 282 g/mol. The van der Waals surface area contributed by atoms with Gasteiger partial charge in [-0.05, 0) is 26.3 Å². The molecule has 17 heavy (non-hydrogen) atoms. The minimum Gasteiger partial charge on any atom is -0.349 e. The molecule has 1 rings (SSSR count). The number of carbonyl (C=O) groups excluding carboxylic acids is 1. The summed E-state index contributed by atoms with van der Waals surface area (Å²) in [5.74, 6) is -0.265. The van der Waals surface area contributed by atoms with Gasteiger partial charge in [-0.15, -0.1) is 11.3 Å². The zero-order chi connectivity index (χ0) is 13.2. The van der Waals surface area contributed by atoms with Gasteiger partial charge in [0, 0.05) is 21.6 Å². The van der Waals surface area contributed by atoms with Gasteiger partial charge < -0.3 is 5.32 Å². The van der Waals surface area contributed by atoms with Gasteiger partial charge in [0.2, 0.25) is 0 Å². The van der Waals surface area contributed by atoms with Gasteiger partial charge in [0.05, 0.1) is 9.77 Å². The van der Waals surface area contributed by atoms with Crippen LogP contribution in [0.15, 0.2) is 11.0 Å². The summed E-state index contributed by atoms with van der Waals surface area (Å²) in [4.78, 5) is 12.7. The van der Waals surface area contributed by atoms with E-state index in [1.165, 1.54) is 6.07 Å². The standard InChI is InChI=1S/C10H14ClNO3S2/c1-4-6(2)12-10(13)8-5-9(7(3)16-8)17(11,14)15/h5-6H,4H2,1-3H3,(H,12,13). The van der Waals surface area contributed by atoms with Crippen LogP contribution in [-0.2, 0) is 9.05 Å². The molecule has 1 N–H and O–H groups in total. The molecule has 7 heteroatoms. The summed E-state index contributed by atoms with van der Waals surface area (Å²) in [5.41, 5.74) is 0. The van der Waals surface area contributed by atoms with Crippen molar-refractivity contribution >= 4 is 37.0 Å². The van der Waals surface area contributed by atoms with Crippen LogP contribution >= 0.6 is 22.0 Å². The van der Waals surface area contributed by atoms with Gasteiger partial charge in [-0.1, -0.05) is 6.92 Å². The summed E-state index contributed by atoms with van der Waals surface area (Å²) < 4.78 is 22.4. The predicted molar refractivity (Wildman–Crippen MR) is 69.3 cm³/mol. The zero-order valence-corrected chi connectivity index (χ0v) is 12.2. The van der Waals surface area contributed by atoms with Crippen molar-refractivity contribution in [3.63, 3.8) is 0 Å². The second-order valence-corrected chi connectivity index (χ2v) is 7.54. The van der Waals surface area contributed by atoms with Crippen LogP contribution in [-0.4, -0.2) is 20.4 Å². The predicted octanol–water partition coefficient (Wildman–Crippen LogP) is 2.51. The number of hydrogen-bond donors (Lipinski definition) is 1. The first-order valence-electron chi connectivity index (χ1n) is 5.11. The molecule has 0 aliphatic heterocycles. The van der Waals surface area contributed by atoms with Crippen molar-refractivity contribution in [1.29, 1.82) is 0 Å². The van der Waals surface area contributed by atoms with Gasteiger partial charge in [-0.2, -0.15) is 0 Å². The Kier molecular flexibility index (Phi) is 4.57. The molecule has 1 unspecified atom stereocenters. The largest absolute Gasteiger partial charge is 0.349 e. The monoisotopic (exact) mass is 295 g/mol. The van der Waals surface area contributed by atoms with E-state index >= 15 is 0 Å². The summed E-state index contributed by atoms with van der Waals surface area (Å²) in [5, 5.41) is 2.77. The lowest BCUT2D eigenvalue weighted by Crippen LogP contribution is -2.31. The molecule has 0 aliphatic carbocycles. The Hall–Kier alpha value is -0.590. The first kappa shape index (κ1) is 14.5. The molecule has 0 bridgehead atoms. The molecule has 1 aromatic heterocycles. The van der Waals surface area contributed by atoms with E-state index in [-0.39, 0.29) is 16.8 Å². The fraction of sp³-hybridized carbons (Fsp3) is 0.500. The maximum absolute atomic E-state index is 11.8. The van der Waals surface area contributed by atoms with Gasteiger partial charge >= 0.3 is 0 Å². The van der Waals surface area contributed by atoms with Gasteiger partial charge in [-0.3, -0.25) is 4.79 Å². The first-order chi connectivity index (χ1) is 7.75. The summed E-state index contributed by atoms with van der Waals surface area (Å²) in [6.45, 7) is 5.47. The number of halogens is 1. The SMILES string of the molecule is CCC(C)NC(=O)c1cc(S(=O)(=O)Cl)c(C)s1. The van der Waals surface area contributed by atoms with Crippen LogP contribution in [0.2, 0.25) is 0 Å². The van der Waals surface area contributed by atoms with E-state index in [4.69, 9.17) is 10.7 Å². The Labute approximate surface area is 109 Å². The zero-order valence-electron chi connectivity index (χ0n) is 9.78. The first-order valence-corrected chi connectivity index (χ1v) is 8.24. The van der Waals surface area contributed by atoms with E-state index in [0.717, 1.165) is 17.8 Å².